The minimum absolute atomic E-state index is 0.0780. The van der Waals surface area contributed by atoms with Gasteiger partial charge >= 0.3 is 0 Å². The standard InChI is InChI=1S/C20H31ClO7Si/c1-29(2,3)10-9-26-20-18(24)19(27-11-14-7-5-4-6-8-14)17(23)15(28-20)12-25-13-16(21)22/h4-8,15,17-20,23-24H,9-13H2,1-3H3/t15-,17+,18-,19+,20-/m1/s1. The van der Waals surface area contributed by atoms with Gasteiger partial charge in [0.15, 0.2) is 6.29 Å². The Morgan fingerprint density at radius 2 is 1.83 bits per heavy atom. The first-order chi connectivity index (χ1) is 13.7. The average Bonchev–Trinajstić information content (AvgIpc) is 2.64. The molecule has 2 N–H and O–H groups in total. The second-order valence-electron chi connectivity index (χ2n) is 8.34. The van der Waals surface area contributed by atoms with Crippen LogP contribution in [-0.2, 0) is 30.3 Å². The van der Waals surface area contributed by atoms with Gasteiger partial charge in [0.25, 0.3) is 0 Å². The number of aliphatic hydroxyl groups is 2. The maximum absolute atomic E-state index is 10.9. The molecule has 0 unspecified atom stereocenters. The molecule has 0 amide bonds. The lowest BCUT2D eigenvalue weighted by Gasteiger charge is -2.42. The van der Waals surface area contributed by atoms with Crippen LogP contribution in [0.5, 0.6) is 0 Å². The summed E-state index contributed by atoms with van der Waals surface area (Å²) in [5.41, 5.74) is 0.912. The van der Waals surface area contributed by atoms with E-state index >= 15 is 0 Å². The Balaban J connectivity index is 2.02. The number of rotatable bonds is 11. The smallest absolute Gasteiger partial charge is 0.247 e. The summed E-state index contributed by atoms with van der Waals surface area (Å²) in [6, 6.07) is 10.4. The third-order valence-corrected chi connectivity index (χ3v) is 6.37. The van der Waals surface area contributed by atoms with Gasteiger partial charge in [-0.15, -0.1) is 0 Å². The topological polar surface area (TPSA) is 94.5 Å². The Hall–Kier alpha value is -0.843. The predicted octanol–water partition coefficient (Wildman–Crippen LogP) is 2.16. The average molecular weight is 447 g/mol. The van der Waals surface area contributed by atoms with Crippen LogP contribution in [0.15, 0.2) is 30.3 Å². The Bertz CT molecular complexity index is 625. The van der Waals surface area contributed by atoms with Crippen molar-refractivity contribution in [3.05, 3.63) is 35.9 Å². The first kappa shape index (κ1) is 24.4. The van der Waals surface area contributed by atoms with E-state index in [1.165, 1.54) is 0 Å². The molecule has 9 heteroatoms. The summed E-state index contributed by atoms with van der Waals surface area (Å²) in [6.07, 6.45) is -5.04. The van der Waals surface area contributed by atoms with Gasteiger partial charge in [0, 0.05) is 14.7 Å². The minimum atomic E-state index is -1.32. The van der Waals surface area contributed by atoms with E-state index in [-0.39, 0.29) is 19.8 Å². The molecule has 29 heavy (non-hydrogen) atoms. The lowest BCUT2D eigenvalue weighted by atomic mass is 9.99. The van der Waals surface area contributed by atoms with E-state index in [4.69, 9.17) is 30.5 Å². The van der Waals surface area contributed by atoms with Crippen LogP contribution in [0.3, 0.4) is 0 Å². The third kappa shape index (κ3) is 8.43. The molecule has 1 saturated heterocycles. The van der Waals surface area contributed by atoms with E-state index in [2.05, 4.69) is 19.6 Å². The molecule has 0 aromatic heterocycles. The number of carbonyl (C=O) groups is 1. The Kier molecular flexibility index (Phi) is 9.71. The zero-order chi connectivity index (χ0) is 21.4. The van der Waals surface area contributed by atoms with Gasteiger partial charge in [-0.3, -0.25) is 4.79 Å². The first-order valence-electron chi connectivity index (χ1n) is 9.72. The van der Waals surface area contributed by atoms with Crippen molar-refractivity contribution in [3.8, 4) is 0 Å². The molecule has 1 heterocycles. The first-order valence-corrected chi connectivity index (χ1v) is 13.8. The van der Waals surface area contributed by atoms with Crippen molar-refractivity contribution < 1.29 is 34.0 Å². The second-order valence-corrected chi connectivity index (χ2v) is 14.4. The van der Waals surface area contributed by atoms with Crippen LogP contribution in [-0.4, -0.2) is 74.1 Å². The van der Waals surface area contributed by atoms with Crippen LogP contribution >= 0.6 is 11.6 Å². The monoisotopic (exact) mass is 446 g/mol. The van der Waals surface area contributed by atoms with Gasteiger partial charge < -0.3 is 29.2 Å². The fourth-order valence-corrected chi connectivity index (χ4v) is 3.69. The SMILES string of the molecule is C[Si](C)(C)CCO[C@@H]1O[C@H](COCC(=O)Cl)[C@H](O)[C@H](OCc2ccccc2)[C@H]1O. The number of hydrogen-bond acceptors (Lipinski definition) is 7. The van der Waals surface area contributed by atoms with E-state index in [0.29, 0.717) is 6.61 Å². The molecule has 2 rings (SSSR count). The molecule has 1 fully saturated rings. The summed E-state index contributed by atoms with van der Waals surface area (Å²) in [6.45, 7) is 6.96. The molecule has 0 radical (unpaired) electrons. The highest BCUT2D eigenvalue weighted by Gasteiger charge is 2.46. The van der Waals surface area contributed by atoms with Crippen LogP contribution in [0, 0.1) is 0 Å². The van der Waals surface area contributed by atoms with E-state index in [9.17, 15) is 15.0 Å². The van der Waals surface area contributed by atoms with Crippen molar-refractivity contribution >= 4 is 24.9 Å². The van der Waals surface area contributed by atoms with Crippen molar-refractivity contribution in [2.45, 2.75) is 63.0 Å². The minimum Gasteiger partial charge on any atom is -0.387 e. The van der Waals surface area contributed by atoms with E-state index in [0.717, 1.165) is 11.6 Å². The van der Waals surface area contributed by atoms with Crippen LogP contribution in [0.1, 0.15) is 5.56 Å². The number of benzene rings is 1. The second kappa shape index (κ2) is 11.5. The Morgan fingerprint density at radius 1 is 1.14 bits per heavy atom. The molecule has 5 atom stereocenters. The number of hydrogen-bond donors (Lipinski definition) is 2. The molecule has 1 aliphatic rings. The van der Waals surface area contributed by atoms with E-state index in [1.807, 2.05) is 30.3 Å². The number of carbonyl (C=O) groups excluding carboxylic acids is 1. The molecule has 7 nitrogen and oxygen atoms in total. The zero-order valence-corrected chi connectivity index (χ0v) is 18.9. The van der Waals surface area contributed by atoms with Gasteiger partial charge in [-0.05, 0) is 23.2 Å². The summed E-state index contributed by atoms with van der Waals surface area (Å²) in [4.78, 5) is 10.9. The lowest BCUT2D eigenvalue weighted by molar-refractivity contribution is -0.309. The molecule has 0 bridgehead atoms. The summed E-state index contributed by atoms with van der Waals surface area (Å²) in [7, 11) is -1.32. The fraction of sp³-hybridized carbons (Fsp3) is 0.650. The summed E-state index contributed by atoms with van der Waals surface area (Å²) >= 11 is 5.29. The van der Waals surface area contributed by atoms with Crippen LogP contribution < -0.4 is 0 Å². The number of aliphatic hydroxyl groups excluding tert-OH is 2. The van der Waals surface area contributed by atoms with Crippen LogP contribution in [0.25, 0.3) is 0 Å². The quantitative estimate of drug-likeness (QED) is 0.397. The highest BCUT2D eigenvalue weighted by Crippen LogP contribution is 2.26. The van der Waals surface area contributed by atoms with Crippen molar-refractivity contribution in [2.75, 3.05) is 19.8 Å². The molecule has 0 saturated carbocycles. The van der Waals surface area contributed by atoms with Gasteiger partial charge in [-0.25, -0.2) is 0 Å². The summed E-state index contributed by atoms with van der Waals surface area (Å²) in [5.74, 6) is 0. The van der Waals surface area contributed by atoms with Crippen molar-refractivity contribution in [1.82, 2.24) is 0 Å². The van der Waals surface area contributed by atoms with Gasteiger partial charge in [0.1, 0.15) is 31.0 Å². The lowest BCUT2D eigenvalue weighted by Crippen LogP contribution is -2.60. The van der Waals surface area contributed by atoms with Crippen molar-refractivity contribution in [1.29, 1.82) is 0 Å². The largest absolute Gasteiger partial charge is 0.387 e. The zero-order valence-electron chi connectivity index (χ0n) is 17.1. The van der Waals surface area contributed by atoms with Gasteiger partial charge in [-0.1, -0.05) is 50.0 Å². The number of ether oxygens (including phenoxy) is 4. The number of halogens is 1. The molecule has 0 spiro atoms. The summed E-state index contributed by atoms with van der Waals surface area (Å²) in [5, 5.41) is 20.7. The summed E-state index contributed by atoms with van der Waals surface area (Å²) < 4.78 is 22.5. The maximum atomic E-state index is 10.9. The Morgan fingerprint density at radius 3 is 2.45 bits per heavy atom. The Labute approximate surface area is 177 Å². The van der Waals surface area contributed by atoms with E-state index in [1.54, 1.807) is 0 Å². The van der Waals surface area contributed by atoms with E-state index < -0.39 is 44.0 Å². The normalized spacial score (nSPS) is 27.7. The molecular weight excluding hydrogens is 416 g/mol. The van der Waals surface area contributed by atoms with Gasteiger partial charge in [-0.2, -0.15) is 0 Å². The van der Waals surface area contributed by atoms with Crippen molar-refractivity contribution in [2.24, 2.45) is 0 Å². The van der Waals surface area contributed by atoms with Crippen LogP contribution in [0.2, 0.25) is 25.7 Å². The third-order valence-electron chi connectivity index (χ3n) is 4.56. The molecule has 1 aromatic carbocycles. The fourth-order valence-electron chi connectivity index (χ4n) is 2.88. The van der Waals surface area contributed by atoms with Crippen LogP contribution in [0.4, 0.5) is 0 Å². The highest BCUT2D eigenvalue weighted by atomic mass is 35.5. The van der Waals surface area contributed by atoms with Crippen molar-refractivity contribution in [3.63, 3.8) is 0 Å². The molecule has 1 aliphatic heterocycles. The van der Waals surface area contributed by atoms with Gasteiger partial charge in [0.2, 0.25) is 5.24 Å². The molecule has 164 valence electrons. The maximum Gasteiger partial charge on any atom is 0.247 e. The molecule has 1 aromatic rings. The highest BCUT2D eigenvalue weighted by molar-refractivity contribution is 6.76. The molecular formula is C20H31ClO7Si. The molecule has 0 aliphatic carbocycles. The predicted molar refractivity (Wildman–Crippen MR) is 111 cm³/mol. The van der Waals surface area contributed by atoms with Gasteiger partial charge in [0.05, 0.1) is 13.2 Å².